The fraction of sp³-hybridized carbons (Fsp3) is 0.207. The second-order valence-corrected chi connectivity index (χ2v) is 10.5. The van der Waals surface area contributed by atoms with E-state index in [-0.39, 0.29) is 16.5 Å². The molecule has 10 heteroatoms. The summed E-state index contributed by atoms with van der Waals surface area (Å²) in [6.07, 6.45) is 0. The van der Waals surface area contributed by atoms with Gasteiger partial charge in [0.25, 0.3) is 5.78 Å². The molecule has 1 unspecified atom stereocenters. The van der Waals surface area contributed by atoms with Crippen LogP contribution in [0.1, 0.15) is 28.3 Å². The summed E-state index contributed by atoms with van der Waals surface area (Å²) in [5.41, 5.74) is 3.13. The van der Waals surface area contributed by atoms with Crippen LogP contribution >= 0.6 is 22.9 Å². The molecule has 1 atom stereocenters. The van der Waals surface area contributed by atoms with Crippen molar-refractivity contribution in [2.24, 2.45) is 0 Å². The van der Waals surface area contributed by atoms with Gasteiger partial charge in [0, 0.05) is 10.6 Å². The highest BCUT2D eigenvalue weighted by atomic mass is 35.5. The standard InChI is InChI=1S/C29H25ClN2O6S/c1-14-6-7-15(2)18(10-14)25(33)23-24(16-11-20(36-3)27(38-5)21(12-16)37-4)32(28(35)26(23)34)29-31-19-9-8-17(30)13-22(19)39-29/h6-13,24,33H,1-5H3/b25-23+. The highest BCUT2D eigenvalue weighted by Crippen LogP contribution is 2.48. The van der Waals surface area contributed by atoms with E-state index >= 15 is 0 Å². The molecular formula is C29H25ClN2O6S. The molecule has 1 saturated heterocycles. The number of carbonyl (C=O) groups is 2. The second-order valence-electron chi connectivity index (χ2n) is 9.05. The van der Waals surface area contributed by atoms with E-state index in [1.54, 1.807) is 36.4 Å². The normalized spacial score (nSPS) is 16.7. The lowest BCUT2D eigenvalue weighted by molar-refractivity contribution is -0.132. The predicted molar refractivity (Wildman–Crippen MR) is 151 cm³/mol. The Morgan fingerprint density at radius 2 is 1.67 bits per heavy atom. The first-order valence-corrected chi connectivity index (χ1v) is 13.1. The SMILES string of the molecule is COc1cc(C2/C(=C(\O)c3cc(C)ccc3C)C(=O)C(=O)N2c2nc3ccc(Cl)cc3s2)cc(OC)c1OC. The van der Waals surface area contributed by atoms with Gasteiger partial charge in [0.15, 0.2) is 16.6 Å². The summed E-state index contributed by atoms with van der Waals surface area (Å²) in [6, 6.07) is 13.0. The maximum absolute atomic E-state index is 13.6. The van der Waals surface area contributed by atoms with Crippen LogP contribution in [0.4, 0.5) is 5.13 Å². The topological polar surface area (TPSA) is 98.2 Å². The zero-order valence-corrected chi connectivity index (χ0v) is 23.4. The van der Waals surface area contributed by atoms with Crippen molar-refractivity contribution in [3.05, 3.63) is 81.4 Å². The zero-order valence-electron chi connectivity index (χ0n) is 21.9. The van der Waals surface area contributed by atoms with Crippen molar-refractivity contribution in [3.63, 3.8) is 0 Å². The minimum Gasteiger partial charge on any atom is -0.507 e. The molecule has 1 aromatic heterocycles. The number of anilines is 1. The van der Waals surface area contributed by atoms with Gasteiger partial charge in [-0.05, 0) is 61.4 Å². The van der Waals surface area contributed by atoms with Crippen molar-refractivity contribution < 1.29 is 28.9 Å². The van der Waals surface area contributed by atoms with Crippen molar-refractivity contribution in [1.82, 2.24) is 4.98 Å². The molecule has 4 aromatic rings. The van der Waals surface area contributed by atoms with Gasteiger partial charge in [-0.2, -0.15) is 0 Å². The van der Waals surface area contributed by atoms with E-state index in [0.29, 0.717) is 38.9 Å². The van der Waals surface area contributed by atoms with E-state index in [4.69, 9.17) is 25.8 Å². The Balaban J connectivity index is 1.81. The number of nitrogens with zero attached hydrogens (tertiary/aromatic N) is 2. The van der Waals surface area contributed by atoms with Gasteiger partial charge in [0.2, 0.25) is 5.75 Å². The second kappa shape index (κ2) is 10.2. The summed E-state index contributed by atoms with van der Waals surface area (Å²) in [7, 11) is 4.44. The zero-order chi connectivity index (χ0) is 28.0. The predicted octanol–water partition coefficient (Wildman–Crippen LogP) is 6.22. The molecule has 0 bridgehead atoms. The number of aromatic nitrogens is 1. The Morgan fingerprint density at radius 1 is 0.974 bits per heavy atom. The molecule has 1 N–H and O–H groups in total. The van der Waals surface area contributed by atoms with E-state index in [9.17, 15) is 14.7 Å². The lowest BCUT2D eigenvalue weighted by Gasteiger charge is -2.24. The number of rotatable bonds is 6. The number of aliphatic hydroxyl groups is 1. The quantitative estimate of drug-likeness (QED) is 0.169. The number of ketones is 1. The van der Waals surface area contributed by atoms with E-state index in [1.807, 2.05) is 26.0 Å². The summed E-state index contributed by atoms with van der Waals surface area (Å²) in [6.45, 7) is 3.72. The smallest absolute Gasteiger partial charge is 0.301 e. The highest BCUT2D eigenvalue weighted by molar-refractivity contribution is 7.22. The Kier molecular flexibility index (Phi) is 6.96. The van der Waals surface area contributed by atoms with Crippen molar-refractivity contribution in [2.75, 3.05) is 26.2 Å². The van der Waals surface area contributed by atoms with Gasteiger partial charge in [-0.3, -0.25) is 14.5 Å². The molecule has 1 aliphatic rings. The molecule has 0 spiro atoms. The van der Waals surface area contributed by atoms with Gasteiger partial charge in [-0.25, -0.2) is 4.98 Å². The minimum absolute atomic E-state index is 0.0692. The molecule has 1 amide bonds. The number of hydrogen-bond acceptors (Lipinski definition) is 8. The van der Waals surface area contributed by atoms with Gasteiger partial charge < -0.3 is 19.3 Å². The van der Waals surface area contributed by atoms with Crippen LogP contribution in [-0.4, -0.2) is 43.1 Å². The fourth-order valence-corrected chi connectivity index (χ4v) is 6.00. The number of aliphatic hydroxyl groups excluding tert-OH is 1. The molecule has 0 radical (unpaired) electrons. The highest BCUT2D eigenvalue weighted by Gasteiger charge is 2.48. The largest absolute Gasteiger partial charge is 0.507 e. The van der Waals surface area contributed by atoms with Crippen molar-refractivity contribution in [3.8, 4) is 17.2 Å². The number of aryl methyl sites for hydroxylation is 2. The first-order valence-electron chi connectivity index (χ1n) is 11.9. The van der Waals surface area contributed by atoms with Gasteiger partial charge in [-0.15, -0.1) is 0 Å². The molecule has 0 aliphatic carbocycles. The van der Waals surface area contributed by atoms with Crippen molar-refractivity contribution in [2.45, 2.75) is 19.9 Å². The summed E-state index contributed by atoms with van der Waals surface area (Å²) in [4.78, 5) is 33.2. The number of Topliss-reactive ketones (excluding diaryl/α,β-unsaturated/α-hetero) is 1. The molecule has 2 heterocycles. The lowest BCUT2D eigenvalue weighted by atomic mass is 9.93. The van der Waals surface area contributed by atoms with E-state index in [1.165, 1.54) is 37.6 Å². The molecule has 8 nitrogen and oxygen atoms in total. The molecule has 1 aliphatic heterocycles. The maximum atomic E-state index is 13.6. The summed E-state index contributed by atoms with van der Waals surface area (Å²) < 4.78 is 17.3. The van der Waals surface area contributed by atoms with E-state index < -0.39 is 17.7 Å². The van der Waals surface area contributed by atoms with Crippen molar-refractivity contribution >= 4 is 55.7 Å². The van der Waals surface area contributed by atoms with Crippen LogP contribution in [0.5, 0.6) is 17.2 Å². The number of fused-ring (bicyclic) bond motifs is 1. The van der Waals surface area contributed by atoms with Crippen LogP contribution in [0.3, 0.4) is 0 Å². The van der Waals surface area contributed by atoms with Crippen LogP contribution < -0.4 is 19.1 Å². The lowest BCUT2D eigenvalue weighted by Crippen LogP contribution is -2.29. The molecule has 3 aromatic carbocycles. The van der Waals surface area contributed by atoms with Crippen molar-refractivity contribution in [1.29, 1.82) is 0 Å². The third-order valence-electron chi connectivity index (χ3n) is 6.64. The van der Waals surface area contributed by atoms with Gasteiger partial charge >= 0.3 is 5.91 Å². The Hall–Kier alpha value is -4.08. The van der Waals surface area contributed by atoms with Crippen LogP contribution in [0, 0.1) is 13.8 Å². The number of ether oxygens (including phenoxy) is 3. The molecular weight excluding hydrogens is 540 g/mol. The van der Waals surface area contributed by atoms with E-state index in [0.717, 1.165) is 15.8 Å². The van der Waals surface area contributed by atoms with Crippen LogP contribution in [0.2, 0.25) is 5.02 Å². The Labute approximate surface area is 234 Å². The Morgan fingerprint density at radius 3 is 2.31 bits per heavy atom. The fourth-order valence-electron chi connectivity index (χ4n) is 4.73. The maximum Gasteiger partial charge on any atom is 0.301 e. The first kappa shape index (κ1) is 26.5. The summed E-state index contributed by atoms with van der Waals surface area (Å²) in [5.74, 6) is -0.902. The van der Waals surface area contributed by atoms with Crippen LogP contribution in [0.15, 0.2) is 54.1 Å². The summed E-state index contributed by atoms with van der Waals surface area (Å²) >= 11 is 7.41. The van der Waals surface area contributed by atoms with Gasteiger partial charge in [0.05, 0.1) is 43.2 Å². The number of benzene rings is 3. The molecule has 5 rings (SSSR count). The number of hydrogen-bond donors (Lipinski definition) is 1. The van der Waals surface area contributed by atoms with Crippen LogP contribution in [-0.2, 0) is 9.59 Å². The van der Waals surface area contributed by atoms with Gasteiger partial charge in [-0.1, -0.05) is 40.6 Å². The van der Waals surface area contributed by atoms with Crippen LogP contribution in [0.25, 0.3) is 16.0 Å². The molecule has 200 valence electrons. The average Bonchev–Trinajstić information content (AvgIpc) is 3.46. The number of thiazole rings is 1. The minimum atomic E-state index is -1.03. The number of halogens is 1. The molecule has 0 saturated carbocycles. The van der Waals surface area contributed by atoms with Gasteiger partial charge in [0.1, 0.15) is 5.76 Å². The summed E-state index contributed by atoms with van der Waals surface area (Å²) in [5, 5.41) is 12.4. The average molecular weight is 565 g/mol. The third kappa shape index (κ3) is 4.47. The number of methoxy groups -OCH3 is 3. The monoisotopic (exact) mass is 564 g/mol. The molecule has 39 heavy (non-hydrogen) atoms. The number of carbonyl (C=O) groups excluding carboxylic acids is 2. The Bertz CT molecular complexity index is 1650. The van der Waals surface area contributed by atoms with E-state index in [2.05, 4.69) is 4.98 Å². The number of amides is 1. The first-order chi connectivity index (χ1) is 18.7. The third-order valence-corrected chi connectivity index (χ3v) is 7.89. The molecule has 1 fully saturated rings.